The van der Waals surface area contributed by atoms with Crippen LogP contribution in [0.2, 0.25) is 10.0 Å². The van der Waals surface area contributed by atoms with E-state index >= 15 is 0 Å². The largest absolute Gasteiger partial charge is 0.493 e. The molecule has 0 radical (unpaired) electrons. The first kappa shape index (κ1) is 33.3. The number of aryl methyl sites for hydroxylation is 3. The van der Waals surface area contributed by atoms with Crippen molar-refractivity contribution in [2.75, 3.05) is 18.0 Å². The van der Waals surface area contributed by atoms with Crippen molar-refractivity contribution in [3.8, 4) is 11.5 Å². The summed E-state index contributed by atoms with van der Waals surface area (Å²) in [6, 6.07) is 20.5. The third-order valence-electron chi connectivity index (χ3n) is 6.54. The highest BCUT2D eigenvalue weighted by Gasteiger charge is 2.28. The Morgan fingerprint density at radius 3 is 2.32 bits per heavy atom. The fourth-order valence-corrected chi connectivity index (χ4v) is 6.69. The molecule has 4 rings (SSSR count). The predicted octanol–water partition coefficient (Wildman–Crippen LogP) is 7.61. The molecule has 0 aliphatic carbocycles. The van der Waals surface area contributed by atoms with Crippen LogP contribution in [0.4, 0.5) is 5.69 Å². The van der Waals surface area contributed by atoms with Crippen molar-refractivity contribution < 1.29 is 22.7 Å². The number of rotatable bonds is 11. The van der Waals surface area contributed by atoms with Crippen LogP contribution >= 0.6 is 39.1 Å². The van der Waals surface area contributed by atoms with Crippen LogP contribution in [-0.4, -0.2) is 34.2 Å². The number of ether oxygens (including phenoxy) is 2. The number of amides is 1. The summed E-state index contributed by atoms with van der Waals surface area (Å²) >= 11 is 15.6. The van der Waals surface area contributed by atoms with Gasteiger partial charge in [0.25, 0.3) is 15.9 Å². The van der Waals surface area contributed by atoms with Gasteiger partial charge in [-0.3, -0.25) is 9.10 Å². The van der Waals surface area contributed by atoms with Crippen LogP contribution in [0.25, 0.3) is 0 Å². The van der Waals surface area contributed by atoms with Crippen LogP contribution in [0, 0.1) is 20.8 Å². The molecule has 0 saturated heterocycles. The van der Waals surface area contributed by atoms with Gasteiger partial charge in [0.05, 0.1) is 38.4 Å². The highest BCUT2D eigenvalue weighted by atomic mass is 79.9. The Bertz CT molecular complexity index is 1820. The van der Waals surface area contributed by atoms with Gasteiger partial charge in [-0.1, -0.05) is 64.7 Å². The molecule has 0 unspecified atom stereocenters. The Labute approximate surface area is 275 Å². The van der Waals surface area contributed by atoms with Crippen LogP contribution in [0.5, 0.6) is 11.5 Å². The molecule has 44 heavy (non-hydrogen) atoms. The van der Waals surface area contributed by atoms with Gasteiger partial charge >= 0.3 is 0 Å². The molecule has 4 aromatic rings. The van der Waals surface area contributed by atoms with Crippen LogP contribution in [0.15, 0.2) is 87.3 Å². The number of halogens is 3. The number of carbonyl (C=O) groups is 1. The number of carbonyl (C=O) groups excluding carboxylic acids is 1. The smallest absolute Gasteiger partial charge is 0.264 e. The number of anilines is 1. The Kier molecular flexibility index (Phi) is 11.0. The van der Waals surface area contributed by atoms with E-state index in [2.05, 4.69) is 26.5 Å². The van der Waals surface area contributed by atoms with Gasteiger partial charge in [0.15, 0.2) is 11.5 Å². The summed E-state index contributed by atoms with van der Waals surface area (Å²) in [5.74, 6) is 0.270. The molecule has 0 aliphatic heterocycles. The van der Waals surface area contributed by atoms with Crippen LogP contribution in [0.3, 0.4) is 0 Å². The maximum absolute atomic E-state index is 13.7. The van der Waals surface area contributed by atoms with E-state index < -0.39 is 22.5 Å². The normalized spacial score (nSPS) is 11.4. The molecule has 4 aromatic carbocycles. The molecular formula is C32H30BrCl2N3O5S. The molecule has 12 heteroatoms. The van der Waals surface area contributed by atoms with Gasteiger partial charge in [0.2, 0.25) is 0 Å². The quantitative estimate of drug-likeness (QED) is 0.127. The molecule has 0 heterocycles. The standard InChI is InChI=1S/C32H30BrCl2N3O5S/c1-20-5-9-25(10-6-20)44(40,41)38(29-12-7-21(2)13-22(29)3)18-31(39)37-36-17-24-14-26(33)32(30(16-24)42-4)43-19-23-8-11-27(34)28(35)15-23/h5-17H,18-19H2,1-4H3,(H,37,39)/b36-17-. The van der Waals surface area contributed by atoms with Crippen molar-refractivity contribution in [1.82, 2.24) is 5.43 Å². The van der Waals surface area contributed by atoms with Gasteiger partial charge in [0, 0.05) is 0 Å². The van der Waals surface area contributed by atoms with Gasteiger partial charge in [0.1, 0.15) is 13.2 Å². The fraction of sp³-hybridized carbons (Fsp3) is 0.188. The second-order valence-electron chi connectivity index (χ2n) is 9.98. The molecule has 0 bridgehead atoms. The van der Waals surface area contributed by atoms with E-state index in [1.54, 1.807) is 55.5 Å². The average molecular weight is 719 g/mol. The zero-order chi connectivity index (χ0) is 32.0. The SMILES string of the molecule is COc1cc(/C=N\NC(=O)CN(c2ccc(C)cc2C)S(=O)(=O)c2ccc(C)cc2)cc(Br)c1OCc1ccc(Cl)c(Cl)c1. The summed E-state index contributed by atoms with van der Waals surface area (Å²) in [6.07, 6.45) is 1.42. The lowest BCUT2D eigenvalue weighted by Gasteiger charge is -2.25. The lowest BCUT2D eigenvalue weighted by atomic mass is 10.1. The Balaban J connectivity index is 1.50. The van der Waals surface area contributed by atoms with Crippen LogP contribution in [-0.2, 0) is 21.4 Å². The van der Waals surface area contributed by atoms with Crippen molar-refractivity contribution in [3.63, 3.8) is 0 Å². The molecular weight excluding hydrogens is 689 g/mol. The van der Waals surface area contributed by atoms with Crippen molar-refractivity contribution in [1.29, 1.82) is 0 Å². The molecule has 8 nitrogen and oxygen atoms in total. The summed E-state index contributed by atoms with van der Waals surface area (Å²) in [7, 11) is -2.55. The van der Waals surface area contributed by atoms with Gasteiger partial charge in [-0.2, -0.15) is 5.10 Å². The zero-order valence-electron chi connectivity index (χ0n) is 24.4. The molecule has 1 amide bonds. The van der Waals surface area contributed by atoms with E-state index in [1.165, 1.54) is 25.5 Å². The number of methoxy groups -OCH3 is 1. The van der Waals surface area contributed by atoms with Gasteiger partial charge in [-0.25, -0.2) is 13.8 Å². The van der Waals surface area contributed by atoms with Gasteiger partial charge in [-0.15, -0.1) is 0 Å². The third-order valence-corrected chi connectivity index (χ3v) is 9.64. The minimum Gasteiger partial charge on any atom is -0.493 e. The molecule has 0 aromatic heterocycles. The third kappa shape index (κ3) is 8.12. The monoisotopic (exact) mass is 717 g/mol. The minimum absolute atomic E-state index is 0.0813. The van der Waals surface area contributed by atoms with Crippen molar-refractivity contribution in [2.24, 2.45) is 5.10 Å². The first-order valence-corrected chi connectivity index (χ1v) is 16.3. The molecule has 0 aliphatic rings. The summed E-state index contributed by atoms with van der Waals surface area (Å²) in [6.45, 7) is 5.33. The molecule has 1 N–H and O–H groups in total. The number of hydrazone groups is 1. The van der Waals surface area contributed by atoms with E-state index in [1.807, 2.05) is 26.0 Å². The topological polar surface area (TPSA) is 97.3 Å². The Hall–Kier alpha value is -3.57. The first-order valence-electron chi connectivity index (χ1n) is 13.3. The molecule has 0 saturated carbocycles. The summed E-state index contributed by atoms with van der Waals surface area (Å²) in [5.41, 5.74) is 6.86. The number of sulfonamides is 1. The number of hydrogen-bond acceptors (Lipinski definition) is 6. The predicted molar refractivity (Wildman–Crippen MR) is 179 cm³/mol. The van der Waals surface area contributed by atoms with Crippen molar-refractivity contribution in [3.05, 3.63) is 115 Å². The lowest BCUT2D eigenvalue weighted by molar-refractivity contribution is -0.119. The van der Waals surface area contributed by atoms with Crippen molar-refractivity contribution in [2.45, 2.75) is 32.3 Å². The van der Waals surface area contributed by atoms with E-state index in [4.69, 9.17) is 32.7 Å². The number of benzene rings is 4. The molecule has 0 fully saturated rings. The highest BCUT2D eigenvalue weighted by molar-refractivity contribution is 9.10. The number of nitrogens with zero attached hydrogens (tertiary/aromatic N) is 2. The lowest BCUT2D eigenvalue weighted by Crippen LogP contribution is -2.40. The summed E-state index contributed by atoms with van der Waals surface area (Å²) in [5, 5.41) is 4.94. The number of nitrogens with one attached hydrogen (secondary N) is 1. The molecule has 230 valence electrons. The Morgan fingerprint density at radius 1 is 0.955 bits per heavy atom. The maximum atomic E-state index is 13.7. The number of hydrogen-bond donors (Lipinski definition) is 1. The van der Waals surface area contributed by atoms with Gasteiger partial charge in [-0.05, 0) is 95.9 Å². The molecule has 0 atom stereocenters. The van der Waals surface area contributed by atoms with E-state index in [0.717, 1.165) is 26.6 Å². The summed E-state index contributed by atoms with van der Waals surface area (Å²) < 4.78 is 40.5. The molecule has 0 spiro atoms. The zero-order valence-corrected chi connectivity index (χ0v) is 28.3. The minimum atomic E-state index is -4.06. The highest BCUT2D eigenvalue weighted by Crippen LogP contribution is 2.37. The van der Waals surface area contributed by atoms with E-state index in [0.29, 0.717) is 37.3 Å². The average Bonchev–Trinajstić information content (AvgIpc) is 2.97. The first-order chi connectivity index (χ1) is 20.9. The van der Waals surface area contributed by atoms with Crippen LogP contribution in [0.1, 0.15) is 27.8 Å². The van der Waals surface area contributed by atoms with E-state index in [-0.39, 0.29) is 11.5 Å². The Morgan fingerprint density at radius 2 is 1.66 bits per heavy atom. The van der Waals surface area contributed by atoms with Gasteiger partial charge < -0.3 is 9.47 Å². The summed E-state index contributed by atoms with van der Waals surface area (Å²) in [4.78, 5) is 13.1. The van der Waals surface area contributed by atoms with E-state index in [9.17, 15) is 13.2 Å². The van der Waals surface area contributed by atoms with Crippen LogP contribution < -0.4 is 19.2 Å². The second-order valence-corrected chi connectivity index (χ2v) is 13.5. The maximum Gasteiger partial charge on any atom is 0.264 e. The second kappa shape index (κ2) is 14.5. The fourth-order valence-electron chi connectivity index (χ4n) is 4.31. The van der Waals surface area contributed by atoms with Crippen molar-refractivity contribution >= 4 is 67.0 Å².